The van der Waals surface area contributed by atoms with E-state index in [4.69, 9.17) is 15.9 Å². The van der Waals surface area contributed by atoms with Crippen molar-refractivity contribution in [2.24, 2.45) is 0 Å². The van der Waals surface area contributed by atoms with Crippen molar-refractivity contribution in [2.75, 3.05) is 0 Å². The third-order valence-corrected chi connectivity index (χ3v) is 3.38. The zero-order valence-electron chi connectivity index (χ0n) is 6.53. The Morgan fingerprint density at radius 2 is 2.07 bits per heavy atom. The van der Waals surface area contributed by atoms with E-state index in [0.717, 1.165) is 12.1 Å². The maximum absolute atomic E-state index is 10.9. The first-order valence-electron chi connectivity index (χ1n) is 3.23. The average Bonchev–Trinajstić information content (AvgIpc) is 2.07. The zero-order valence-corrected chi connectivity index (χ0v) is 9.69. The highest BCUT2D eigenvalue weighted by Gasteiger charge is 2.15. The Bertz CT molecular complexity index is 520. The molecule has 0 saturated carbocycles. The lowest BCUT2D eigenvalue weighted by atomic mass is 10.2. The van der Waals surface area contributed by atoms with Crippen molar-refractivity contribution in [1.82, 2.24) is 0 Å². The van der Waals surface area contributed by atoms with E-state index in [1.165, 1.54) is 0 Å². The first kappa shape index (κ1) is 11.3. The van der Waals surface area contributed by atoms with Crippen LogP contribution in [0.1, 0.15) is 5.56 Å². The van der Waals surface area contributed by atoms with Crippen LogP contribution in [0, 0.1) is 11.3 Å². The molecule has 0 aliphatic heterocycles. The molecule has 0 aliphatic rings. The first-order chi connectivity index (χ1) is 6.36. The van der Waals surface area contributed by atoms with Crippen LogP contribution in [0.2, 0.25) is 0 Å². The number of hydrogen-bond donors (Lipinski definition) is 1. The number of rotatable bonds is 1. The van der Waals surface area contributed by atoms with Gasteiger partial charge in [-0.3, -0.25) is 0 Å². The van der Waals surface area contributed by atoms with Gasteiger partial charge in [0.25, 0.3) is 9.05 Å². The fraction of sp³-hybridized carbons (Fsp3) is 0. The molecule has 74 valence electrons. The minimum Gasteiger partial charge on any atom is -0.505 e. The largest absolute Gasteiger partial charge is 0.505 e. The van der Waals surface area contributed by atoms with Gasteiger partial charge in [0.15, 0.2) is 0 Å². The predicted molar refractivity (Wildman–Crippen MR) is 53.6 cm³/mol. The molecule has 1 aromatic carbocycles. The van der Waals surface area contributed by atoms with Crippen LogP contribution >= 0.6 is 26.6 Å². The van der Waals surface area contributed by atoms with Crippen molar-refractivity contribution in [3.8, 4) is 11.8 Å². The van der Waals surface area contributed by atoms with Crippen LogP contribution in [0.4, 0.5) is 0 Å². The molecule has 0 bridgehead atoms. The first-order valence-corrected chi connectivity index (χ1v) is 6.33. The van der Waals surface area contributed by atoms with Crippen molar-refractivity contribution >= 4 is 35.7 Å². The van der Waals surface area contributed by atoms with Gasteiger partial charge >= 0.3 is 0 Å². The Morgan fingerprint density at radius 3 is 2.50 bits per heavy atom. The molecule has 1 rings (SSSR count). The highest BCUT2D eigenvalue weighted by atomic mass is 79.9. The minimum atomic E-state index is -3.89. The van der Waals surface area contributed by atoms with E-state index in [1.54, 1.807) is 6.07 Å². The molecular weight excluding hydrogens is 294 g/mol. The fourth-order valence-electron chi connectivity index (χ4n) is 0.800. The van der Waals surface area contributed by atoms with E-state index >= 15 is 0 Å². The smallest absolute Gasteiger partial charge is 0.261 e. The summed E-state index contributed by atoms with van der Waals surface area (Å²) in [7, 11) is 1.18. The Morgan fingerprint density at radius 1 is 1.50 bits per heavy atom. The van der Waals surface area contributed by atoms with Gasteiger partial charge in [0.2, 0.25) is 0 Å². The van der Waals surface area contributed by atoms with E-state index in [1.807, 2.05) is 0 Å². The van der Waals surface area contributed by atoms with Crippen LogP contribution < -0.4 is 0 Å². The lowest BCUT2D eigenvalue weighted by Gasteiger charge is -2.01. The van der Waals surface area contributed by atoms with Gasteiger partial charge in [-0.05, 0) is 28.1 Å². The highest BCUT2D eigenvalue weighted by Crippen LogP contribution is 2.31. The summed E-state index contributed by atoms with van der Waals surface area (Å²) in [6.07, 6.45) is 0. The quantitative estimate of drug-likeness (QED) is 0.804. The zero-order chi connectivity index (χ0) is 10.9. The van der Waals surface area contributed by atoms with Gasteiger partial charge in [-0.25, -0.2) is 8.42 Å². The van der Waals surface area contributed by atoms with Gasteiger partial charge in [0, 0.05) is 10.7 Å². The van der Waals surface area contributed by atoms with Gasteiger partial charge in [-0.2, -0.15) is 5.26 Å². The molecule has 0 atom stereocenters. The maximum Gasteiger partial charge on any atom is 0.261 e. The number of hydrogen-bond acceptors (Lipinski definition) is 4. The molecule has 1 N–H and O–H groups in total. The van der Waals surface area contributed by atoms with Crippen LogP contribution in [0.25, 0.3) is 0 Å². The van der Waals surface area contributed by atoms with Gasteiger partial charge in [0.1, 0.15) is 11.8 Å². The third-order valence-electron chi connectivity index (χ3n) is 1.44. The second kappa shape index (κ2) is 3.77. The number of nitrogens with zero attached hydrogens (tertiary/aromatic N) is 1. The van der Waals surface area contributed by atoms with Crippen molar-refractivity contribution in [2.45, 2.75) is 4.90 Å². The summed E-state index contributed by atoms with van der Waals surface area (Å²) in [6, 6.07) is 3.77. The van der Waals surface area contributed by atoms with E-state index in [2.05, 4.69) is 15.9 Å². The fourth-order valence-corrected chi connectivity index (χ4v) is 2.20. The summed E-state index contributed by atoms with van der Waals surface area (Å²) in [6.45, 7) is 0. The summed E-state index contributed by atoms with van der Waals surface area (Å²) in [4.78, 5) is -0.236. The number of benzene rings is 1. The molecule has 0 fully saturated rings. The molecule has 14 heavy (non-hydrogen) atoms. The minimum absolute atomic E-state index is 0.107. The molecule has 1 aromatic rings. The Labute approximate surface area is 93.3 Å². The molecule has 4 nitrogen and oxygen atoms in total. The molecule has 0 aromatic heterocycles. The van der Waals surface area contributed by atoms with E-state index in [9.17, 15) is 13.5 Å². The predicted octanol–water partition coefficient (Wildman–Crippen LogP) is 1.95. The Kier molecular flexibility index (Phi) is 3.04. The van der Waals surface area contributed by atoms with Crippen LogP contribution in [0.3, 0.4) is 0 Å². The number of halogens is 2. The molecule has 0 spiro atoms. The van der Waals surface area contributed by atoms with Gasteiger partial charge < -0.3 is 5.11 Å². The lowest BCUT2D eigenvalue weighted by Crippen LogP contribution is -1.92. The maximum atomic E-state index is 10.9. The summed E-state index contributed by atoms with van der Waals surface area (Å²) in [5.74, 6) is -0.309. The third kappa shape index (κ3) is 2.18. The van der Waals surface area contributed by atoms with Crippen LogP contribution in [0.15, 0.2) is 21.5 Å². The van der Waals surface area contributed by atoms with Crippen LogP contribution in [0.5, 0.6) is 5.75 Å². The summed E-state index contributed by atoms with van der Waals surface area (Å²) < 4.78 is 21.9. The molecule has 7 heteroatoms. The second-order valence-corrected chi connectivity index (χ2v) is 5.77. The lowest BCUT2D eigenvalue weighted by molar-refractivity contribution is 0.469. The molecule has 0 heterocycles. The van der Waals surface area contributed by atoms with Gasteiger partial charge in [-0.1, -0.05) is 0 Å². The molecular formula is C7H3BrClNO3S. The van der Waals surface area contributed by atoms with Crippen molar-refractivity contribution in [3.63, 3.8) is 0 Å². The Balaban J connectivity index is 3.56. The number of aromatic hydroxyl groups is 1. The van der Waals surface area contributed by atoms with Crippen LogP contribution in [-0.2, 0) is 9.05 Å². The molecule has 0 saturated heterocycles. The second-order valence-electron chi connectivity index (χ2n) is 2.35. The molecule has 0 unspecified atom stereocenters. The van der Waals surface area contributed by atoms with Crippen molar-refractivity contribution in [1.29, 1.82) is 5.26 Å². The SMILES string of the molecule is N#Cc1cc(S(=O)(=O)Cl)cc(Br)c1O. The normalized spacial score (nSPS) is 10.9. The standard InChI is InChI=1S/C7H3BrClNO3S/c8-6-2-5(14(9,12)13)1-4(3-10)7(6)11/h1-2,11H. The number of phenolic OH excluding ortho intramolecular Hbond substituents is 1. The number of nitriles is 1. The van der Waals surface area contributed by atoms with E-state index < -0.39 is 9.05 Å². The van der Waals surface area contributed by atoms with Gasteiger partial charge in [-0.15, -0.1) is 0 Å². The Hall–Kier alpha value is -0.770. The molecule has 0 amide bonds. The van der Waals surface area contributed by atoms with E-state index in [0.29, 0.717) is 0 Å². The topological polar surface area (TPSA) is 78.2 Å². The number of phenols is 1. The van der Waals surface area contributed by atoms with Crippen molar-refractivity contribution < 1.29 is 13.5 Å². The summed E-state index contributed by atoms with van der Waals surface area (Å²) >= 11 is 2.91. The van der Waals surface area contributed by atoms with E-state index in [-0.39, 0.29) is 20.7 Å². The van der Waals surface area contributed by atoms with Crippen molar-refractivity contribution in [3.05, 3.63) is 22.2 Å². The summed E-state index contributed by atoms with van der Waals surface area (Å²) in [5, 5.41) is 17.8. The van der Waals surface area contributed by atoms with Crippen LogP contribution in [-0.4, -0.2) is 13.5 Å². The highest BCUT2D eigenvalue weighted by molar-refractivity contribution is 9.10. The summed E-state index contributed by atoms with van der Waals surface area (Å²) in [5.41, 5.74) is -0.154. The monoisotopic (exact) mass is 295 g/mol. The average molecular weight is 297 g/mol. The molecule has 0 aliphatic carbocycles. The molecule has 0 radical (unpaired) electrons. The van der Waals surface area contributed by atoms with Gasteiger partial charge in [0.05, 0.1) is 14.9 Å².